The second kappa shape index (κ2) is 10.8. The standard InChI is InChI=1S/C29H31N3O4S/c1-19-23(18-27(33)32(29-30-15-16-37-29)20-9-5-4-6-10-20)24-17-21(35-2)13-14-25(24)31(19)28(34)22-11-7-8-12-26(22)36-3/h7-8,11-17,20H,4-6,9-10,18H2,1-3H3. The molecule has 0 radical (unpaired) electrons. The molecule has 0 saturated heterocycles. The Morgan fingerprint density at radius 1 is 1.08 bits per heavy atom. The summed E-state index contributed by atoms with van der Waals surface area (Å²) in [5.41, 5.74) is 2.75. The third-order valence-electron chi connectivity index (χ3n) is 7.24. The molecule has 1 amide bonds. The number of hydrogen-bond acceptors (Lipinski definition) is 6. The molecule has 2 aromatic carbocycles. The van der Waals surface area contributed by atoms with Gasteiger partial charge >= 0.3 is 0 Å². The van der Waals surface area contributed by atoms with Gasteiger partial charge in [0, 0.05) is 28.7 Å². The van der Waals surface area contributed by atoms with Gasteiger partial charge < -0.3 is 9.47 Å². The quantitative estimate of drug-likeness (QED) is 0.300. The molecule has 1 aliphatic rings. The second-order valence-electron chi connectivity index (χ2n) is 9.33. The van der Waals surface area contributed by atoms with Crippen molar-refractivity contribution >= 4 is 39.2 Å². The van der Waals surface area contributed by atoms with Crippen LogP contribution in [0.2, 0.25) is 0 Å². The van der Waals surface area contributed by atoms with E-state index in [1.54, 1.807) is 37.1 Å². The van der Waals surface area contributed by atoms with E-state index in [-0.39, 0.29) is 24.3 Å². The van der Waals surface area contributed by atoms with Gasteiger partial charge in [-0.05, 0) is 55.7 Å². The highest BCUT2D eigenvalue weighted by Gasteiger charge is 2.31. The second-order valence-corrected chi connectivity index (χ2v) is 10.2. The van der Waals surface area contributed by atoms with Crippen molar-refractivity contribution in [3.63, 3.8) is 0 Å². The number of amides is 1. The number of nitrogens with zero attached hydrogens (tertiary/aromatic N) is 3. The molecule has 1 aliphatic carbocycles. The van der Waals surface area contributed by atoms with Crippen LogP contribution in [-0.4, -0.2) is 41.6 Å². The first-order valence-corrected chi connectivity index (χ1v) is 13.5. The van der Waals surface area contributed by atoms with Crippen LogP contribution >= 0.6 is 11.3 Å². The molecule has 37 heavy (non-hydrogen) atoms. The Balaban J connectivity index is 1.59. The maximum Gasteiger partial charge on any atom is 0.266 e. The average molecular weight is 518 g/mol. The maximum absolute atomic E-state index is 14.0. The van der Waals surface area contributed by atoms with E-state index in [0.29, 0.717) is 17.1 Å². The van der Waals surface area contributed by atoms with E-state index in [2.05, 4.69) is 4.98 Å². The molecule has 5 rings (SSSR count). The molecule has 0 unspecified atom stereocenters. The van der Waals surface area contributed by atoms with Crippen molar-refractivity contribution in [3.05, 3.63) is 70.9 Å². The van der Waals surface area contributed by atoms with Crippen LogP contribution in [0.3, 0.4) is 0 Å². The number of carbonyl (C=O) groups is 2. The van der Waals surface area contributed by atoms with Gasteiger partial charge in [0.2, 0.25) is 5.91 Å². The molecule has 0 spiro atoms. The van der Waals surface area contributed by atoms with Crippen LogP contribution in [0.1, 0.15) is 53.7 Å². The fraction of sp³-hybridized carbons (Fsp3) is 0.345. The van der Waals surface area contributed by atoms with E-state index >= 15 is 0 Å². The largest absolute Gasteiger partial charge is 0.497 e. The molecule has 0 N–H and O–H groups in total. The summed E-state index contributed by atoms with van der Waals surface area (Å²) in [6, 6.07) is 13.0. The number of rotatable bonds is 7. The molecule has 4 aromatic rings. The summed E-state index contributed by atoms with van der Waals surface area (Å²) < 4.78 is 12.6. The van der Waals surface area contributed by atoms with Gasteiger partial charge in [0.15, 0.2) is 5.13 Å². The van der Waals surface area contributed by atoms with Crippen molar-refractivity contribution in [2.45, 2.75) is 51.5 Å². The van der Waals surface area contributed by atoms with Gasteiger partial charge in [-0.2, -0.15) is 0 Å². The molecule has 2 heterocycles. The molecule has 1 saturated carbocycles. The van der Waals surface area contributed by atoms with Gasteiger partial charge in [-0.3, -0.25) is 19.1 Å². The average Bonchev–Trinajstić information content (AvgIpc) is 3.55. The molecule has 8 heteroatoms. The first-order chi connectivity index (χ1) is 18.0. The van der Waals surface area contributed by atoms with Crippen LogP contribution in [0.5, 0.6) is 11.5 Å². The Hall–Kier alpha value is -3.65. The molecule has 0 aliphatic heterocycles. The third-order valence-corrected chi connectivity index (χ3v) is 8.01. The normalized spacial score (nSPS) is 14.0. The minimum absolute atomic E-state index is 0.00318. The van der Waals surface area contributed by atoms with Crippen molar-refractivity contribution in [2.75, 3.05) is 19.1 Å². The summed E-state index contributed by atoms with van der Waals surface area (Å²) in [5.74, 6) is 0.976. The van der Waals surface area contributed by atoms with Crippen LogP contribution in [-0.2, 0) is 11.2 Å². The molecule has 2 aromatic heterocycles. The lowest BCUT2D eigenvalue weighted by Crippen LogP contribution is -2.42. The minimum Gasteiger partial charge on any atom is -0.497 e. The van der Waals surface area contributed by atoms with Crippen molar-refractivity contribution in [3.8, 4) is 11.5 Å². The molecule has 7 nitrogen and oxygen atoms in total. The minimum atomic E-state index is -0.201. The highest BCUT2D eigenvalue weighted by molar-refractivity contribution is 7.13. The highest BCUT2D eigenvalue weighted by atomic mass is 32.1. The number of hydrogen-bond donors (Lipinski definition) is 0. The van der Waals surface area contributed by atoms with E-state index < -0.39 is 0 Å². The third kappa shape index (κ3) is 4.73. The summed E-state index contributed by atoms with van der Waals surface area (Å²) in [6.07, 6.45) is 7.30. The molecule has 0 atom stereocenters. The van der Waals surface area contributed by atoms with E-state index in [1.807, 2.05) is 47.5 Å². The van der Waals surface area contributed by atoms with Crippen molar-refractivity contribution in [1.82, 2.24) is 9.55 Å². The SMILES string of the molecule is COc1ccc2c(c1)c(CC(=O)N(c1nccs1)C1CCCCC1)c(C)n2C(=O)c1ccccc1OC. The number of aromatic nitrogens is 2. The molecule has 1 fully saturated rings. The number of ether oxygens (including phenoxy) is 2. The molecular formula is C29H31N3O4S. The monoisotopic (exact) mass is 517 g/mol. The zero-order chi connectivity index (χ0) is 25.9. The highest BCUT2D eigenvalue weighted by Crippen LogP contribution is 2.34. The summed E-state index contributed by atoms with van der Waals surface area (Å²) >= 11 is 1.49. The lowest BCUT2D eigenvalue weighted by atomic mass is 9.94. The Morgan fingerprint density at radius 3 is 2.57 bits per heavy atom. The van der Waals surface area contributed by atoms with E-state index in [9.17, 15) is 9.59 Å². The van der Waals surface area contributed by atoms with Crippen molar-refractivity contribution < 1.29 is 19.1 Å². The van der Waals surface area contributed by atoms with Crippen LogP contribution in [0.15, 0.2) is 54.0 Å². The number of fused-ring (bicyclic) bond motifs is 1. The van der Waals surface area contributed by atoms with E-state index in [1.165, 1.54) is 17.8 Å². The number of carbonyl (C=O) groups excluding carboxylic acids is 2. The van der Waals surface area contributed by atoms with Gasteiger partial charge in [-0.25, -0.2) is 4.98 Å². The Morgan fingerprint density at radius 2 is 1.86 bits per heavy atom. The van der Waals surface area contributed by atoms with Gasteiger partial charge in [0.25, 0.3) is 5.91 Å². The first-order valence-electron chi connectivity index (χ1n) is 12.6. The van der Waals surface area contributed by atoms with Gasteiger partial charge in [0.05, 0.1) is 31.7 Å². The number of thiazole rings is 1. The van der Waals surface area contributed by atoms with Crippen LogP contribution < -0.4 is 14.4 Å². The summed E-state index contributed by atoms with van der Waals surface area (Å²) in [4.78, 5) is 34.2. The maximum atomic E-state index is 14.0. The molecule has 0 bridgehead atoms. The van der Waals surface area contributed by atoms with E-state index in [4.69, 9.17) is 9.47 Å². The Bertz CT molecular complexity index is 1420. The summed E-state index contributed by atoms with van der Waals surface area (Å²) in [5, 5.41) is 3.48. The number of benzene rings is 2. The molecular weight excluding hydrogens is 486 g/mol. The predicted octanol–water partition coefficient (Wildman–Crippen LogP) is 6.02. The predicted molar refractivity (Wildman–Crippen MR) is 146 cm³/mol. The number of anilines is 1. The lowest BCUT2D eigenvalue weighted by Gasteiger charge is -2.32. The zero-order valence-electron chi connectivity index (χ0n) is 21.4. The lowest BCUT2D eigenvalue weighted by molar-refractivity contribution is -0.118. The fourth-order valence-corrected chi connectivity index (χ4v) is 6.12. The summed E-state index contributed by atoms with van der Waals surface area (Å²) in [6.45, 7) is 1.90. The Kier molecular flexibility index (Phi) is 7.28. The Labute approximate surface area is 220 Å². The van der Waals surface area contributed by atoms with Crippen LogP contribution in [0.4, 0.5) is 5.13 Å². The van der Waals surface area contributed by atoms with Crippen LogP contribution in [0.25, 0.3) is 10.9 Å². The topological polar surface area (TPSA) is 73.7 Å². The van der Waals surface area contributed by atoms with Crippen molar-refractivity contribution in [2.24, 2.45) is 0 Å². The number of methoxy groups -OCH3 is 2. The van der Waals surface area contributed by atoms with E-state index in [0.717, 1.165) is 53.0 Å². The van der Waals surface area contributed by atoms with Crippen LogP contribution in [0, 0.1) is 6.92 Å². The summed E-state index contributed by atoms with van der Waals surface area (Å²) in [7, 11) is 3.17. The van der Waals surface area contributed by atoms with Gasteiger partial charge in [0.1, 0.15) is 11.5 Å². The first kappa shape index (κ1) is 25.0. The fourth-order valence-electron chi connectivity index (χ4n) is 5.39. The molecule has 192 valence electrons. The van der Waals surface area contributed by atoms with Crippen molar-refractivity contribution in [1.29, 1.82) is 0 Å². The smallest absolute Gasteiger partial charge is 0.266 e. The number of para-hydroxylation sites is 1. The van der Waals surface area contributed by atoms with Gasteiger partial charge in [-0.1, -0.05) is 31.4 Å². The zero-order valence-corrected chi connectivity index (χ0v) is 22.2. The van der Waals surface area contributed by atoms with Gasteiger partial charge in [-0.15, -0.1) is 11.3 Å².